The molecular formula is C10H16F3NO. The van der Waals surface area contributed by atoms with Gasteiger partial charge in [0.05, 0.1) is 0 Å². The number of likely N-dealkylation sites (tertiary alicyclic amines) is 1. The van der Waals surface area contributed by atoms with Crippen LogP contribution in [0.3, 0.4) is 0 Å². The van der Waals surface area contributed by atoms with Gasteiger partial charge in [-0.2, -0.15) is 13.2 Å². The molecule has 1 aliphatic rings. The van der Waals surface area contributed by atoms with Gasteiger partial charge in [-0.1, -0.05) is 13.3 Å². The fourth-order valence-corrected chi connectivity index (χ4v) is 1.78. The summed E-state index contributed by atoms with van der Waals surface area (Å²) in [4.78, 5) is 12.8. The normalized spacial score (nSPS) is 24.3. The molecule has 0 spiro atoms. The van der Waals surface area contributed by atoms with Crippen molar-refractivity contribution in [3.63, 3.8) is 0 Å². The van der Waals surface area contributed by atoms with Gasteiger partial charge in [-0.3, -0.25) is 4.79 Å². The van der Waals surface area contributed by atoms with Crippen molar-refractivity contribution in [3.05, 3.63) is 0 Å². The molecule has 1 fully saturated rings. The molecule has 0 bridgehead atoms. The quantitative estimate of drug-likeness (QED) is 0.704. The van der Waals surface area contributed by atoms with Crippen molar-refractivity contribution in [1.82, 2.24) is 4.90 Å². The molecule has 2 nitrogen and oxygen atoms in total. The molecule has 0 unspecified atom stereocenters. The van der Waals surface area contributed by atoms with Crippen molar-refractivity contribution in [2.75, 3.05) is 13.1 Å². The highest BCUT2D eigenvalue weighted by molar-refractivity contribution is 5.79. The maximum atomic E-state index is 12.3. The number of halogens is 3. The molecule has 88 valence electrons. The average molecular weight is 223 g/mol. The standard InChI is InChI=1S/C10H16F3NO/c1-3-8-4-5-14(6-8)9(15)7(2)10(11,12)13/h7-8H,3-6H2,1-2H3/t7-,8-/m0/s1. The van der Waals surface area contributed by atoms with Gasteiger partial charge in [-0.05, 0) is 19.3 Å². The first-order valence-electron chi connectivity index (χ1n) is 5.21. The van der Waals surface area contributed by atoms with Crippen LogP contribution in [0.1, 0.15) is 26.7 Å². The Morgan fingerprint density at radius 2 is 2.13 bits per heavy atom. The molecule has 0 N–H and O–H groups in total. The second-order valence-corrected chi connectivity index (χ2v) is 4.11. The molecule has 0 aromatic carbocycles. The fraction of sp³-hybridized carbons (Fsp3) is 0.900. The zero-order chi connectivity index (χ0) is 11.6. The van der Waals surface area contributed by atoms with Gasteiger partial charge >= 0.3 is 6.18 Å². The second kappa shape index (κ2) is 4.41. The second-order valence-electron chi connectivity index (χ2n) is 4.11. The zero-order valence-corrected chi connectivity index (χ0v) is 8.97. The molecule has 1 rings (SSSR count). The lowest BCUT2D eigenvalue weighted by Gasteiger charge is -2.22. The Morgan fingerprint density at radius 1 is 1.53 bits per heavy atom. The lowest BCUT2D eigenvalue weighted by Crippen LogP contribution is -2.39. The van der Waals surface area contributed by atoms with Crippen molar-refractivity contribution in [2.24, 2.45) is 11.8 Å². The third kappa shape index (κ3) is 2.86. The van der Waals surface area contributed by atoms with E-state index in [4.69, 9.17) is 0 Å². The SMILES string of the molecule is CC[C@H]1CCN(C(=O)[C@H](C)C(F)(F)F)C1. The van der Waals surface area contributed by atoms with E-state index in [1.54, 1.807) is 0 Å². The van der Waals surface area contributed by atoms with Crippen molar-refractivity contribution in [2.45, 2.75) is 32.9 Å². The van der Waals surface area contributed by atoms with E-state index in [2.05, 4.69) is 0 Å². The zero-order valence-electron chi connectivity index (χ0n) is 8.97. The van der Waals surface area contributed by atoms with E-state index in [9.17, 15) is 18.0 Å². The maximum Gasteiger partial charge on any atom is 0.400 e. The summed E-state index contributed by atoms with van der Waals surface area (Å²) >= 11 is 0. The Labute approximate surface area is 87.4 Å². The summed E-state index contributed by atoms with van der Waals surface area (Å²) in [6.07, 6.45) is -2.67. The van der Waals surface area contributed by atoms with Crippen LogP contribution >= 0.6 is 0 Å². The van der Waals surface area contributed by atoms with Crippen LogP contribution in [0.5, 0.6) is 0 Å². The van der Waals surface area contributed by atoms with Crippen molar-refractivity contribution < 1.29 is 18.0 Å². The summed E-state index contributed by atoms with van der Waals surface area (Å²) in [5.41, 5.74) is 0. The van der Waals surface area contributed by atoms with Gasteiger partial charge in [-0.15, -0.1) is 0 Å². The van der Waals surface area contributed by atoms with Crippen molar-refractivity contribution in [1.29, 1.82) is 0 Å². The molecule has 0 radical (unpaired) electrons. The first-order chi connectivity index (χ1) is 6.86. The number of carbonyl (C=O) groups excluding carboxylic acids is 1. The molecule has 15 heavy (non-hydrogen) atoms. The minimum atomic E-state index is -4.42. The average Bonchev–Trinajstić information content (AvgIpc) is 2.62. The molecule has 2 atom stereocenters. The van der Waals surface area contributed by atoms with Gasteiger partial charge in [0.25, 0.3) is 0 Å². The highest BCUT2D eigenvalue weighted by atomic mass is 19.4. The van der Waals surface area contributed by atoms with Crippen LogP contribution < -0.4 is 0 Å². The Morgan fingerprint density at radius 3 is 2.53 bits per heavy atom. The van der Waals surface area contributed by atoms with Gasteiger partial charge in [-0.25, -0.2) is 0 Å². The molecule has 0 aromatic rings. The highest BCUT2D eigenvalue weighted by Gasteiger charge is 2.43. The lowest BCUT2D eigenvalue weighted by molar-refractivity contribution is -0.184. The summed E-state index contributed by atoms with van der Waals surface area (Å²) in [6, 6.07) is 0. The summed E-state index contributed by atoms with van der Waals surface area (Å²) < 4.78 is 36.9. The van der Waals surface area contributed by atoms with Crippen LogP contribution in [-0.4, -0.2) is 30.1 Å². The van der Waals surface area contributed by atoms with Crippen molar-refractivity contribution >= 4 is 5.91 Å². The number of alkyl halides is 3. The number of hydrogen-bond donors (Lipinski definition) is 0. The molecule has 1 saturated heterocycles. The van der Waals surface area contributed by atoms with Crippen LogP contribution in [0.4, 0.5) is 13.2 Å². The van der Waals surface area contributed by atoms with Crippen LogP contribution in [-0.2, 0) is 4.79 Å². The first kappa shape index (κ1) is 12.3. The summed E-state index contributed by atoms with van der Waals surface area (Å²) in [7, 11) is 0. The van der Waals surface area contributed by atoms with E-state index in [1.807, 2.05) is 6.92 Å². The van der Waals surface area contributed by atoms with Crippen LogP contribution in [0, 0.1) is 11.8 Å². The largest absolute Gasteiger partial charge is 0.400 e. The summed E-state index contributed by atoms with van der Waals surface area (Å²) in [5, 5.41) is 0. The van der Waals surface area contributed by atoms with E-state index >= 15 is 0 Å². The molecule has 5 heteroatoms. The third-order valence-corrected chi connectivity index (χ3v) is 3.04. The van der Waals surface area contributed by atoms with Gasteiger partial charge < -0.3 is 4.90 Å². The minimum Gasteiger partial charge on any atom is -0.342 e. The molecule has 0 aromatic heterocycles. The number of hydrogen-bond acceptors (Lipinski definition) is 1. The van der Waals surface area contributed by atoms with Gasteiger partial charge in [0.1, 0.15) is 5.92 Å². The summed E-state index contributed by atoms with van der Waals surface area (Å²) in [6.45, 7) is 3.88. The van der Waals surface area contributed by atoms with Gasteiger partial charge in [0.15, 0.2) is 0 Å². The van der Waals surface area contributed by atoms with E-state index in [1.165, 1.54) is 4.90 Å². The van der Waals surface area contributed by atoms with E-state index in [-0.39, 0.29) is 0 Å². The monoisotopic (exact) mass is 223 g/mol. The Balaban J connectivity index is 2.55. The minimum absolute atomic E-state index is 0.370. The molecule has 1 heterocycles. The topological polar surface area (TPSA) is 20.3 Å². The molecule has 1 aliphatic heterocycles. The Bertz CT molecular complexity index is 239. The number of rotatable bonds is 2. The number of nitrogens with zero attached hydrogens (tertiary/aromatic N) is 1. The van der Waals surface area contributed by atoms with Crippen LogP contribution in [0.2, 0.25) is 0 Å². The maximum absolute atomic E-state index is 12.3. The lowest BCUT2D eigenvalue weighted by atomic mass is 10.1. The number of carbonyl (C=O) groups is 1. The predicted octanol–water partition coefficient (Wildman–Crippen LogP) is 2.44. The molecule has 1 amide bonds. The predicted molar refractivity (Wildman–Crippen MR) is 50.2 cm³/mol. The third-order valence-electron chi connectivity index (χ3n) is 3.04. The number of amides is 1. The smallest absolute Gasteiger partial charge is 0.342 e. The fourth-order valence-electron chi connectivity index (χ4n) is 1.78. The Hall–Kier alpha value is -0.740. The van der Waals surface area contributed by atoms with E-state index in [0.717, 1.165) is 19.8 Å². The van der Waals surface area contributed by atoms with Gasteiger partial charge in [0, 0.05) is 13.1 Å². The summed E-state index contributed by atoms with van der Waals surface area (Å²) in [5.74, 6) is -2.28. The molecular weight excluding hydrogens is 207 g/mol. The van der Waals surface area contributed by atoms with E-state index in [0.29, 0.717) is 19.0 Å². The molecule has 0 aliphatic carbocycles. The van der Waals surface area contributed by atoms with Crippen molar-refractivity contribution in [3.8, 4) is 0 Å². The highest BCUT2D eigenvalue weighted by Crippen LogP contribution is 2.29. The van der Waals surface area contributed by atoms with Gasteiger partial charge in [0.2, 0.25) is 5.91 Å². The van der Waals surface area contributed by atoms with Crippen LogP contribution in [0.15, 0.2) is 0 Å². The van der Waals surface area contributed by atoms with Crippen LogP contribution in [0.25, 0.3) is 0 Å². The van der Waals surface area contributed by atoms with E-state index < -0.39 is 18.0 Å². The Kier molecular flexibility index (Phi) is 3.62. The molecule has 0 saturated carbocycles. The first-order valence-corrected chi connectivity index (χ1v) is 5.21.